The van der Waals surface area contributed by atoms with Crippen LogP contribution in [0.1, 0.15) is 12.0 Å². The summed E-state index contributed by atoms with van der Waals surface area (Å²) >= 11 is 11.3. The number of hydrogen-bond donors (Lipinski definition) is 2. The minimum absolute atomic E-state index is 0.213. The Bertz CT molecular complexity index is 345. The molecule has 1 aromatic carbocycles. The van der Waals surface area contributed by atoms with Crippen molar-refractivity contribution in [3.63, 3.8) is 0 Å². The topological polar surface area (TPSA) is 32.3 Å². The van der Waals surface area contributed by atoms with Crippen LogP contribution in [0.2, 0.25) is 5.02 Å². The molecule has 5 heteroatoms. The van der Waals surface area contributed by atoms with Gasteiger partial charge >= 0.3 is 0 Å². The number of halogens is 2. The van der Waals surface area contributed by atoms with Gasteiger partial charge in [0.15, 0.2) is 0 Å². The van der Waals surface area contributed by atoms with Gasteiger partial charge in [0.2, 0.25) is 0 Å². The van der Waals surface area contributed by atoms with E-state index in [4.69, 9.17) is 16.7 Å². The van der Waals surface area contributed by atoms with Gasteiger partial charge in [-0.15, -0.1) is 0 Å². The second-order valence-electron chi connectivity index (χ2n) is 3.78. The number of thioether (sulfide) groups is 1. The van der Waals surface area contributed by atoms with Crippen LogP contribution < -0.4 is 5.32 Å². The van der Waals surface area contributed by atoms with Gasteiger partial charge in [-0.2, -0.15) is 11.8 Å². The van der Waals surface area contributed by atoms with Crippen LogP contribution in [0.25, 0.3) is 0 Å². The van der Waals surface area contributed by atoms with E-state index in [-0.39, 0.29) is 6.61 Å². The second kappa shape index (κ2) is 8.38. The first-order valence-corrected chi connectivity index (χ1v) is 8.01. The molecule has 0 aliphatic carbocycles. The molecule has 1 aromatic rings. The maximum absolute atomic E-state index is 8.98. The molecule has 0 saturated carbocycles. The van der Waals surface area contributed by atoms with Crippen LogP contribution in [0.15, 0.2) is 22.7 Å². The Hall–Kier alpha value is 0.260. The summed E-state index contributed by atoms with van der Waals surface area (Å²) in [7, 11) is 0. The smallest absolute Gasteiger partial charge is 0.0451 e. The Morgan fingerprint density at radius 2 is 2.29 bits per heavy atom. The zero-order valence-electron chi connectivity index (χ0n) is 9.75. The van der Waals surface area contributed by atoms with Crippen molar-refractivity contribution >= 4 is 39.3 Å². The van der Waals surface area contributed by atoms with Gasteiger partial charge in [-0.3, -0.25) is 0 Å². The number of aliphatic hydroxyl groups excluding tert-OH is 1. The van der Waals surface area contributed by atoms with E-state index < -0.39 is 0 Å². The first-order chi connectivity index (χ1) is 8.17. The minimum Gasteiger partial charge on any atom is -0.396 e. The molecule has 96 valence electrons. The molecule has 0 aliphatic rings. The molecule has 0 aromatic heterocycles. The number of nitrogens with one attached hydrogen (secondary N) is 1. The third-order valence-corrected chi connectivity index (χ3v) is 4.03. The molecule has 0 amide bonds. The number of benzene rings is 1. The molecule has 17 heavy (non-hydrogen) atoms. The second-order valence-corrected chi connectivity index (χ2v) is 6.01. The maximum Gasteiger partial charge on any atom is 0.0451 e. The molecule has 1 atom stereocenters. The summed E-state index contributed by atoms with van der Waals surface area (Å²) < 4.78 is 1.03. The monoisotopic (exact) mass is 337 g/mol. The molecule has 0 bridgehead atoms. The fourth-order valence-electron chi connectivity index (χ4n) is 1.53. The van der Waals surface area contributed by atoms with Crippen molar-refractivity contribution in [1.29, 1.82) is 0 Å². The minimum atomic E-state index is 0.213. The Labute approximate surface area is 120 Å². The van der Waals surface area contributed by atoms with E-state index in [0.717, 1.165) is 33.8 Å². The third kappa shape index (κ3) is 5.62. The first-order valence-electron chi connectivity index (χ1n) is 5.44. The molecule has 0 heterocycles. The van der Waals surface area contributed by atoms with Gasteiger partial charge in [0.25, 0.3) is 0 Å². The number of aliphatic hydroxyl groups is 1. The summed E-state index contributed by atoms with van der Waals surface area (Å²) in [6, 6.07) is 6.16. The summed E-state index contributed by atoms with van der Waals surface area (Å²) in [5.41, 5.74) is 1.07. The zero-order chi connectivity index (χ0) is 12.7. The molecule has 0 saturated heterocycles. The van der Waals surface area contributed by atoms with Crippen LogP contribution in [0.4, 0.5) is 0 Å². The highest BCUT2D eigenvalue weighted by molar-refractivity contribution is 9.10. The third-order valence-electron chi connectivity index (χ3n) is 2.43. The van der Waals surface area contributed by atoms with E-state index in [9.17, 15) is 0 Å². The normalized spacial score (nSPS) is 12.7. The predicted octanol–water partition coefficient (Wildman–Crippen LogP) is 3.31. The largest absolute Gasteiger partial charge is 0.396 e. The van der Waals surface area contributed by atoms with Crippen LogP contribution in [0.3, 0.4) is 0 Å². The standard InChI is InChI=1S/C12H17BrClNOS/c1-17-8-11(4-5-16)15-7-9-6-10(13)2-3-12(9)14/h2-3,6,11,15-16H,4-5,7-8H2,1H3. The fraction of sp³-hybridized carbons (Fsp3) is 0.500. The Morgan fingerprint density at radius 1 is 1.53 bits per heavy atom. The summed E-state index contributed by atoms with van der Waals surface area (Å²) in [5.74, 6) is 0.992. The summed E-state index contributed by atoms with van der Waals surface area (Å²) in [6.45, 7) is 0.938. The van der Waals surface area contributed by atoms with E-state index in [0.29, 0.717) is 6.04 Å². The lowest BCUT2D eigenvalue weighted by molar-refractivity contribution is 0.270. The fourth-order valence-corrected chi connectivity index (χ4v) is 2.81. The molecule has 0 aliphatic heterocycles. The average molecular weight is 339 g/mol. The molecule has 2 nitrogen and oxygen atoms in total. The van der Waals surface area contributed by atoms with Crippen LogP contribution in [0, 0.1) is 0 Å². The Morgan fingerprint density at radius 3 is 2.94 bits per heavy atom. The first kappa shape index (κ1) is 15.3. The van der Waals surface area contributed by atoms with Gasteiger partial charge in [-0.05, 0) is 36.4 Å². The van der Waals surface area contributed by atoms with Crippen molar-refractivity contribution in [3.8, 4) is 0 Å². The van der Waals surface area contributed by atoms with Crippen LogP contribution in [-0.2, 0) is 6.54 Å². The summed E-state index contributed by atoms with van der Waals surface area (Å²) in [5, 5.41) is 13.2. The zero-order valence-corrected chi connectivity index (χ0v) is 12.9. The van der Waals surface area contributed by atoms with Gasteiger partial charge in [-0.25, -0.2) is 0 Å². The predicted molar refractivity (Wildman–Crippen MR) is 79.9 cm³/mol. The average Bonchev–Trinajstić information content (AvgIpc) is 2.30. The number of hydrogen-bond acceptors (Lipinski definition) is 3. The lowest BCUT2D eigenvalue weighted by Crippen LogP contribution is -2.31. The molecular formula is C12H17BrClNOS. The van der Waals surface area contributed by atoms with Gasteiger partial charge in [0, 0.05) is 34.4 Å². The highest BCUT2D eigenvalue weighted by atomic mass is 79.9. The molecular weight excluding hydrogens is 322 g/mol. The molecule has 0 spiro atoms. The highest BCUT2D eigenvalue weighted by Crippen LogP contribution is 2.21. The number of rotatable bonds is 7. The SMILES string of the molecule is CSCC(CCO)NCc1cc(Br)ccc1Cl. The maximum atomic E-state index is 8.98. The molecule has 0 radical (unpaired) electrons. The highest BCUT2D eigenvalue weighted by Gasteiger charge is 2.08. The molecule has 1 unspecified atom stereocenters. The quantitative estimate of drug-likeness (QED) is 0.800. The lowest BCUT2D eigenvalue weighted by Gasteiger charge is -2.17. The van der Waals surface area contributed by atoms with Gasteiger partial charge in [0.1, 0.15) is 0 Å². The van der Waals surface area contributed by atoms with Crippen LogP contribution in [0.5, 0.6) is 0 Å². The van der Waals surface area contributed by atoms with Crippen molar-refractivity contribution in [2.45, 2.75) is 19.0 Å². The van der Waals surface area contributed by atoms with Crippen molar-refractivity contribution in [2.24, 2.45) is 0 Å². The van der Waals surface area contributed by atoms with Gasteiger partial charge in [0.05, 0.1) is 0 Å². The van der Waals surface area contributed by atoms with E-state index >= 15 is 0 Å². The van der Waals surface area contributed by atoms with E-state index in [1.165, 1.54) is 0 Å². The summed E-state index contributed by atoms with van der Waals surface area (Å²) in [4.78, 5) is 0. The Balaban J connectivity index is 2.55. The van der Waals surface area contributed by atoms with Gasteiger partial charge in [-0.1, -0.05) is 27.5 Å². The lowest BCUT2D eigenvalue weighted by atomic mass is 10.2. The van der Waals surface area contributed by atoms with Crippen molar-refractivity contribution in [1.82, 2.24) is 5.32 Å². The van der Waals surface area contributed by atoms with Crippen molar-refractivity contribution in [3.05, 3.63) is 33.3 Å². The Kier molecular flexibility index (Phi) is 7.55. The molecule has 0 fully saturated rings. The van der Waals surface area contributed by atoms with Crippen LogP contribution >= 0.6 is 39.3 Å². The van der Waals surface area contributed by atoms with Crippen molar-refractivity contribution in [2.75, 3.05) is 18.6 Å². The van der Waals surface area contributed by atoms with Crippen LogP contribution in [-0.4, -0.2) is 29.8 Å². The molecule has 2 N–H and O–H groups in total. The van der Waals surface area contributed by atoms with Gasteiger partial charge < -0.3 is 10.4 Å². The van der Waals surface area contributed by atoms with Crippen molar-refractivity contribution < 1.29 is 5.11 Å². The summed E-state index contributed by atoms with van der Waals surface area (Å²) in [6.07, 6.45) is 2.84. The molecule has 1 rings (SSSR count). The van der Waals surface area contributed by atoms with E-state index in [2.05, 4.69) is 27.5 Å². The van der Waals surface area contributed by atoms with E-state index in [1.807, 2.05) is 18.2 Å². The van der Waals surface area contributed by atoms with E-state index in [1.54, 1.807) is 11.8 Å².